The lowest BCUT2D eigenvalue weighted by Crippen LogP contribution is -2.31. The molecule has 1 aliphatic rings. The van der Waals surface area contributed by atoms with Gasteiger partial charge >= 0.3 is 0 Å². The molecule has 0 saturated heterocycles. The van der Waals surface area contributed by atoms with E-state index in [1.165, 1.54) is 32.1 Å². The maximum Gasteiger partial charge on any atom is 0.121 e. The summed E-state index contributed by atoms with van der Waals surface area (Å²) in [5.41, 5.74) is 0. The average molecular weight is 263 g/mol. The maximum atomic E-state index is 6.02. The van der Waals surface area contributed by atoms with Crippen LogP contribution >= 0.6 is 0 Å². The maximum absolute atomic E-state index is 6.02. The summed E-state index contributed by atoms with van der Waals surface area (Å²) in [7, 11) is 0. The summed E-state index contributed by atoms with van der Waals surface area (Å²) < 4.78 is 6.02. The molecular formula is C17H29NO. The first-order valence-electron chi connectivity index (χ1n) is 8.06. The molecule has 1 N–H and O–H groups in total. The second-order valence-corrected chi connectivity index (χ2v) is 6.12. The van der Waals surface area contributed by atoms with Crippen LogP contribution in [0.15, 0.2) is 16.5 Å². The Balaban J connectivity index is 2.09. The van der Waals surface area contributed by atoms with Gasteiger partial charge in [0, 0.05) is 6.42 Å². The van der Waals surface area contributed by atoms with Crippen molar-refractivity contribution in [1.82, 2.24) is 5.32 Å². The van der Waals surface area contributed by atoms with E-state index in [1.54, 1.807) is 0 Å². The van der Waals surface area contributed by atoms with Crippen molar-refractivity contribution < 1.29 is 4.42 Å². The number of hydrogen-bond acceptors (Lipinski definition) is 2. The normalized spacial score (nSPS) is 25.4. The Morgan fingerprint density at radius 3 is 2.79 bits per heavy atom. The molecule has 3 unspecified atom stereocenters. The van der Waals surface area contributed by atoms with Gasteiger partial charge in [0.25, 0.3) is 0 Å². The van der Waals surface area contributed by atoms with E-state index in [9.17, 15) is 0 Å². The zero-order valence-corrected chi connectivity index (χ0v) is 12.7. The number of rotatable bonds is 6. The van der Waals surface area contributed by atoms with Gasteiger partial charge in [-0.2, -0.15) is 0 Å². The van der Waals surface area contributed by atoms with Crippen LogP contribution in [0.2, 0.25) is 0 Å². The monoisotopic (exact) mass is 263 g/mol. The van der Waals surface area contributed by atoms with Gasteiger partial charge in [0.05, 0.1) is 6.04 Å². The first-order chi connectivity index (χ1) is 9.24. The number of hydrogen-bond donors (Lipinski definition) is 1. The van der Waals surface area contributed by atoms with E-state index in [0.29, 0.717) is 6.04 Å². The lowest BCUT2D eigenvalue weighted by molar-refractivity contribution is 0.204. The Morgan fingerprint density at radius 1 is 1.32 bits per heavy atom. The molecule has 108 valence electrons. The van der Waals surface area contributed by atoms with Crippen LogP contribution in [-0.4, -0.2) is 6.54 Å². The van der Waals surface area contributed by atoms with Gasteiger partial charge in [-0.3, -0.25) is 0 Å². The van der Waals surface area contributed by atoms with Crippen molar-refractivity contribution in [2.24, 2.45) is 11.8 Å². The van der Waals surface area contributed by atoms with Crippen molar-refractivity contribution in [1.29, 1.82) is 0 Å². The van der Waals surface area contributed by atoms with Crippen LogP contribution < -0.4 is 5.32 Å². The van der Waals surface area contributed by atoms with Crippen LogP contribution in [0.5, 0.6) is 0 Å². The summed E-state index contributed by atoms with van der Waals surface area (Å²) >= 11 is 0. The van der Waals surface area contributed by atoms with Gasteiger partial charge in [-0.25, -0.2) is 0 Å². The summed E-state index contributed by atoms with van der Waals surface area (Å²) in [6.07, 6.45) is 7.62. The highest BCUT2D eigenvalue weighted by atomic mass is 16.3. The van der Waals surface area contributed by atoms with Crippen LogP contribution in [0, 0.1) is 11.8 Å². The van der Waals surface area contributed by atoms with Gasteiger partial charge in [0.2, 0.25) is 0 Å². The molecular weight excluding hydrogens is 234 g/mol. The summed E-state index contributed by atoms with van der Waals surface area (Å²) in [6, 6.07) is 4.75. The van der Waals surface area contributed by atoms with Crippen molar-refractivity contribution in [2.75, 3.05) is 6.54 Å². The van der Waals surface area contributed by atoms with Crippen molar-refractivity contribution in [3.8, 4) is 0 Å². The predicted molar refractivity (Wildman–Crippen MR) is 80.2 cm³/mol. The third kappa shape index (κ3) is 3.85. The number of aryl methyl sites for hydroxylation is 1. The minimum Gasteiger partial charge on any atom is -0.464 e. The molecule has 1 aliphatic carbocycles. The van der Waals surface area contributed by atoms with E-state index in [4.69, 9.17) is 4.42 Å². The Bertz CT molecular complexity index is 371. The smallest absolute Gasteiger partial charge is 0.121 e. The molecule has 0 aliphatic heterocycles. The molecule has 1 aromatic heterocycles. The molecule has 2 heteroatoms. The highest BCUT2D eigenvalue weighted by molar-refractivity contribution is 5.12. The minimum atomic E-state index is 0.419. The van der Waals surface area contributed by atoms with E-state index < -0.39 is 0 Å². The molecule has 0 bridgehead atoms. The molecule has 0 amide bonds. The molecule has 1 fully saturated rings. The number of nitrogens with one attached hydrogen (secondary N) is 1. The van der Waals surface area contributed by atoms with Crippen LogP contribution in [-0.2, 0) is 6.42 Å². The van der Waals surface area contributed by atoms with E-state index in [1.807, 2.05) is 0 Å². The Morgan fingerprint density at radius 2 is 2.16 bits per heavy atom. The predicted octanol–water partition coefficient (Wildman–Crippen LogP) is 4.71. The van der Waals surface area contributed by atoms with Gasteiger partial charge in [0.15, 0.2) is 0 Å². The molecule has 2 nitrogen and oxygen atoms in total. The average Bonchev–Trinajstić information content (AvgIpc) is 2.88. The fourth-order valence-corrected chi connectivity index (χ4v) is 3.33. The lowest BCUT2D eigenvalue weighted by Gasteiger charge is -2.33. The van der Waals surface area contributed by atoms with Crippen molar-refractivity contribution >= 4 is 0 Å². The van der Waals surface area contributed by atoms with Crippen LogP contribution in [0.1, 0.15) is 70.4 Å². The second kappa shape index (κ2) is 7.14. The van der Waals surface area contributed by atoms with Gasteiger partial charge < -0.3 is 9.73 Å². The topological polar surface area (TPSA) is 25.2 Å². The lowest BCUT2D eigenvalue weighted by atomic mass is 9.78. The van der Waals surface area contributed by atoms with E-state index in [0.717, 1.165) is 36.3 Å². The van der Waals surface area contributed by atoms with Gasteiger partial charge in [-0.05, 0) is 49.8 Å². The Kier molecular flexibility index (Phi) is 5.50. The van der Waals surface area contributed by atoms with Gasteiger partial charge in [-0.15, -0.1) is 0 Å². The Hall–Kier alpha value is -0.760. The van der Waals surface area contributed by atoms with Gasteiger partial charge in [-0.1, -0.05) is 33.6 Å². The largest absolute Gasteiger partial charge is 0.464 e. The van der Waals surface area contributed by atoms with Crippen molar-refractivity contribution in [2.45, 2.75) is 65.3 Å². The summed E-state index contributed by atoms with van der Waals surface area (Å²) in [4.78, 5) is 0. The molecule has 1 heterocycles. The fourth-order valence-electron chi connectivity index (χ4n) is 3.33. The minimum absolute atomic E-state index is 0.419. The van der Waals surface area contributed by atoms with E-state index in [2.05, 4.69) is 38.2 Å². The summed E-state index contributed by atoms with van der Waals surface area (Å²) in [5, 5.41) is 3.72. The number of furan rings is 1. The molecule has 0 radical (unpaired) electrons. The quantitative estimate of drug-likeness (QED) is 0.804. The van der Waals surface area contributed by atoms with E-state index in [-0.39, 0.29) is 0 Å². The third-order valence-electron chi connectivity index (χ3n) is 4.40. The zero-order valence-electron chi connectivity index (χ0n) is 12.7. The SMILES string of the molecule is CCCNC(c1ccc(CC)o1)C1CCCC(C)C1. The van der Waals surface area contributed by atoms with Crippen molar-refractivity contribution in [3.63, 3.8) is 0 Å². The first-order valence-corrected chi connectivity index (χ1v) is 8.06. The molecule has 3 atom stereocenters. The molecule has 0 aromatic carbocycles. The molecule has 1 saturated carbocycles. The summed E-state index contributed by atoms with van der Waals surface area (Å²) in [5.74, 6) is 3.88. The first kappa shape index (κ1) is 14.6. The zero-order chi connectivity index (χ0) is 13.7. The van der Waals surface area contributed by atoms with Gasteiger partial charge in [0.1, 0.15) is 11.5 Å². The molecule has 2 rings (SSSR count). The molecule has 1 aromatic rings. The third-order valence-corrected chi connectivity index (χ3v) is 4.40. The molecule has 19 heavy (non-hydrogen) atoms. The highest BCUT2D eigenvalue weighted by Gasteiger charge is 2.29. The van der Waals surface area contributed by atoms with E-state index >= 15 is 0 Å². The van der Waals surface area contributed by atoms with Crippen molar-refractivity contribution in [3.05, 3.63) is 23.7 Å². The standard InChI is InChI=1S/C17H29NO/c1-4-11-18-17(14-8-6-7-13(3)12-14)16-10-9-15(5-2)19-16/h9-10,13-14,17-18H,4-8,11-12H2,1-3H3. The van der Waals surface area contributed by atoms with Crippen LogP contribution in [0.4, 0.5) is 0 Å². The summed E-state index contributed by atoms with van der Waals surface area (Å²) in [6.45, 7) is 7.85. The second-order valence-electron chi connectivity index (χ2n) is 6.12. The molecule has 0 spiro atoms. The Labute approximate surface area is 118 Å². The highest BCUT2D eigenvalue weighted by Crippen LogP contribution is 2.37. The van der Waals surface area contributed by atoms with Crippen LogP contribution in [0.25, 0.3) is 0 Å². The fraction of sp³-hybridized carbons (Fsp3) is 0.765. The van der Waals surface area contributed by atoms with Crippen LogP contribution in [0.3, 0.4) is 0 Å².